The van der Waals surface area contributed by atoms with Gasteiger partial charge in [-0.3, -0.25) is 9.59 Å². The topological polar surface area (TPSA) is 51.2 Å². The minimum absolute atomic E-state index is 0.00398. The molecule has 12 heavy (non-hydrogen) atoms. The number of carbonyl (C=O) groups is 3. The smallest absolute Gasteiger partial charge is 0.133 e. The van der Waals surface area contributed by atoms with Crippen LogP contribution in [0.1, 0.15) is 32.6 Å². The molecular weight excluding hydrogens is 156 g/mol. The molecule has 0 unspecified atom stereocenters. The third-order valence-electron chi connectivity index (χ3n) is 1.44. The van der Waals surface area contributed by atoms with Crippen LogP contribution in [0.15, 0.2) is 0 Å². The van der Waals surface area contributed by atoms with E-state index >= 15 is 0 Å². The fourth-order valence-electron chi connectivity index (χ4n) is 0.719. The van der Waals surface area contributed by atoms with Crippen LogP contribution < -0.4 is 0 Å². The summed E-state index contributed by atoms with van der Waals surface area (Å²) in [6.45, 7) is 4.59. The highest BCUT2D eigenvalue weighted by molar-refractivity contribution is 5.89. The van der Waals surface area contributed by atoms with Gasteiger partial charge < -0.3 is 4.79 Å². The van der Waals surface area contributed by atoms with Crippen LogP contribution >= 0.6 is 0 Å². The Morgan fingerprint density at radius 3 is 1.92 bits per heavy atom. The van der Waals surface area contributed by atoms with Crippen LogP contribution in [0.5, 0.6) is 0 Å². The number of ketones is 3. The molecule has 0 amide bonds. The van der Waals surface area contributed by atoms with Crippen LogP contribution in [0.3, 0.4) is 0 Å². The number of rotatable bonds is 6. The van der Waals surface area contributed by atoms with E-state index in [9.17, 15) is 14.4 Å². The predicted octanol–water partition coefficient (Wildman–Crippen LogP) is 1.11. The fraction of sp³-hybridized carbons (Fsp3) is 0.556. The predicted molar refractivity (Wildman–Crippen MR) is 44.5 cm³/mol. The van der Waals surface area contributed by atoms with Gasteiger partial charge in [0.25, 0.3) is 0 Å². The Kier molecular flexibility index (Phi) is 5.17. The summed E-state index contributed by atoms with van der Waals surface area (Å²) in [7, 11) is 0. The van der Waals surface area contributed by atoms with Gasteiger partial charge in [-0.25, -0.2) is 0 Å². The molecule has 0 aromatic rings. The second kappa shape index (κ2) is 5.63. The monoisotopic (exact) mass is 169 g/mol. The van der Waals surface area contributed by atoms with Gasteiger partial charge in [-0.2, -0.15) is 0 Å². The van der Waals surface area contributed by atoms with Gasteiger partial charge in [-0.15, -0.1) is 0 Å². The molecule has 0 aromatic heterocycles. The average Bonchev–Trinajstić information content (AvgIpc) is 1.96. The molecule has 67 valence electrons. The maximum atomic E-state index is 10.9. The van der Waals surface area contributed by atoms with Crippen molar-refractivity contribution in [3.05, 3.63) is 6.92 Å². The Morgan fingerprint density at radius 2 is 1.50 bits per heavy atom. The molecule has 3 heteroatoms. The van der Waals surface area contributed by atoms with Crippen molar-refractivity contribution in [2.24, 2.45) is 0 Å². The number of hydrogen-bond acceptors (Lipinski definition) is 3. The molecule has 0 spiro atoms. The van der Waals surface area contributed by atoms with Crippen molar-refractivity contribution in [3.8, 4) is 0 Å². The molecule has 0 saturated carbocycles. The Bertz CT molecular complexity index is 174. The van der Waals surface area contributed by atoms with Crippen molar-refractivity contribution < 1.29 is 14.4 Å². The third-order valence-corrected chi connectivity index (χ3v) is 1.44. The van der Waals surface area contributed by atoms with Gasteiger partial charge in [0.2, 0.25) is 0 Å². The Morgan fingerprint density at radius 1 is 1.00 bits per heavy atom. The molecule has 0 aromatic carbocycles. The zero-order valence-electron chi connectivity index (χ0n) is 7.26. The van der Waals surface area contributed by atoms with Crippen molar-refractivity contribution >= 4 is 17.3 Å². The first kappa shape index (κ1) is 11.0. The van der Waals surface area contributed by atoms with E-state index in [0.717, 1.165) is 0 Å². The number of hydrogen-bond donors (Lipinski definition) is 0. The summed E-state index contributed by atoms with van der Waals surface area (Å²) in [6, 6.07) is 0. The minimum atomic E-state index is -0.230. The van der Waals surface area contributed by atoms with Crippen LogP contribution in [0, 0.1) is 6.92 Å². The SMILES string of the molecule is [CH2]C(=O)CCC(=O)CCC(C)=O. The van der Waals surface area contributed by atoms with Crippen molar-refractivity contribution in [1.82, 2.24) is 0 Å². The van der Waals surface area contributed by atoms with Crippen molar-refractivity contribution in [1.29, 1.82) is 0 Å². The van der Waals surface area contributed by atoms with E-state index in [2.05, 4.69) is 6.92 Å². The van der Waals surface area contributed by atoms with Gasteiger partial charge in [-0.05, 0) is 6.92 Å². The molecule has 0 atom stereocenters. The van der Waals surface area contributed by atoms with Gasteiger partial charge >= 0.3 is 0 Å². The standard InChI is InChI=1S/C9H13O3/c1-7(10)3-5-9(12)6-4-8(2)11/h1,3-6H2,2H3. The third kappa shape index (κ3) is 7.12. The van der Waals surface area contributed by atoms with E-state index in [-0.39, 0.29) is 43.0 Å². The molecule has 0 aliphatic heterocycles. The van der Waals surface area contributed by atoms with Gasteiger partial charge in [-0.1, -0.05) is 0 Å². The van der Waals surface area contributed by atoms with Gasteiger partial charge in [0, 0.05) is 32.6 Å². The first-order valence-electron chi connectivity index (χ1n) is 3.88. The molecule has 0 saturated heterocycles. The quantitative estimate of drug-likeness (QED) is 0.598. The highest BCUT2D eigenvalue weighted by Crippen LogP contribution is 1.99. The molecule has 0 aliphatic rings. The largest absolute Gasteiger partial charge is 0.300 e. The summed E-state index contributed by atoms with van der Waals surface area (Å²) in [5.74, 6) is -0.266. The first-order valence-corrected chi connectivity index (χ1v) is 3.88. The molecule has 0 rings (SSSR count). The normalized spacial score (nSPS) is 9.50. The molecular formula is C9H13O3. The summed E-state index contributed by atoms with van der Waals surface area (Å²) in [6.07, 6.45) is 0.944. The Hall–Kier alpha value is -0.990. The summed E-state index contributed by atoms with van der Waals surface area (Å²) in [5.41, 5.74) is 0. The highest BCUT2D eigenvalue weighted by atomic mass is 16.1. The van der Waals surface area contributed by atoms with Crippen LogP contribution in [0.2, 0.25) is 0 Å². The van der Waals surface area contributed by atoms with Crippen molar-refractivity contribution in [2.45, 2.75) is 32.6 Å². The van der Waals surface area contributed by atoms with Crippen molar-refractivity contribution in [3.63, 3.8) is 0 Å². The summed E-state index contributed by atoms with van der Waals surface area (Å²) in [5, 5.41) is 0. The van der Waals surface area contributed by atoms with E-state index in [1.165, 1.54) is 6.92 Å². The van der Waals surface area contributed by atoms with E-state index < -0.39 is 0 Å². The van der Waals surface area contributed by atoms with Crippen LogP contribution in [0.4, 0.5) is 0 Å². The lowest BCUT2D eigenvalue weighted by Crippen LogP contribution is -2.03. The van der Waals surface area contributed by atoms with Gasteiger partial charge in [0.05, 0.1) is 0 Å². The molecule has 0 bridgehead atoms. The van der Waals surface area contributed by atoms with E-state index in [4.69, 9.17) is 0 Å². The lowest BCUT2D eigenvalue weighted by molar-refractivity contribution is -0.124. The average molecular weight is 169 g/mol. The van der Waals surface area contributed by atoms with Crippen molar-refractivity contribution in [2.75, 3.05) is 0 Å². The zero-order chi connectivity index (χ0) is 9.56. The van der Waals surface area contributed by atoms with E-state index in [0.29, 0.717) is 0 Å². The van der Waals surface area contributed by atoms with Crippen LogP contribution in [-0.4, -0.2) is 17.3 Å². The van der Waals surface area contributed by atoms with Crippen LogP contribution in [-0.2, 0) is 14.4 Å². The maximum Gasteiger partial charge on any atom is 0.133 e. The van der Waals surface area contributed by atoms with E-state index in [1.807, 2.05) is 0 Å². The Labute approximate surface area is 72.1 Å². The summed E-state index contributed by atoms with van der Waals surface area (Å²) < 4.78 is 0. The highest BCUT2D eigenvalue weighted by Gasteiger charge is 2.04. The second-order valence-corrected chi connectivity index (χ2v) is 2.78. The van der Waals surface area contributed by atoms with E-state index in [1.54, 1.807) is 0 Å². The second-order valence-electron chi connectivity index (χ2n) is 2.78. The minimum Gasteiger partial charge on any atom is -0.300 e. The van der Waals surface area contributed by atoms with Gasteiger partial charge in [0.1, 0.15) is 17.3 Å². The lowest BCUT2D eigenvalue weighted by atomic mass is 10.1. The number of carbonyl (C=O) groups excluding carboxylic acids is 3. The molecule has 0 aliphatic carbocycles. The lowest BCUT2D eigenvalue weighted by Gasteiger charge is -1.95. The molecule has 3 nitrogen and oxygen atoms in total. The Balaban J connectivity index is 3.47. The molecule has 1 radical (unpaired) electrons. The summed E-state index contributed by atoms with van der Waals surface area (Å²) >= 11 is 0. The summed E-state index contributed by atoms with van der Waals surface area (Å²) in [4.78, 5) is 31.7. The molecule has 0 N–H and O–H groups in total. The fourth-order valence-corrected chi connectivity index (χ4v) is 0.719. The number of Topliss-reactive ketones (excluding diaryl/α,β-unsaturated/α-hetero) is 3. The first-order chi connectivity index (χ1) is 5.52. The molecule has 0 heterocycles. The zero-order valence-corrected chi connectivity index (χ0v) is 7.26. The maximum absolute atomic E-state index is 10.9. The van der Waals surface area contributed by atoms with Crippen LogP contribution in [0.25, 0.3) is 0 Å². The van der Waals surface area contributed by atoms with Gasteiger partial charge in [0.15, 0.2) is 0 Å². The molecule has 0 fully saturated rings.